The van der Waals surface area contributed by atoms with Crippen molar-refractivity contribution in [3.63, 3.8) is 0 Å². The van der Waals surface area contributed by atoms with E-state index in [4.69, 9.17) is 5.14 Å². The van der Waals surface area contributed by atoms with Crippen LogP contribution in [0.25, 0.3) is 16.4 Å². The largest absolute Gasteiger partial charge is 0.870 e. The fraction of sp³-hybridized carbons (Fsp3) is 0.240. The summed E-state index contributed by atoms with van der Waals surface area (Å²) >= 11 is 0.996. The Hall–Kier alpha value is -3.53. The van der Waals surface area contributed by atoms with Gasteiger partial charge in [0.1, 0.15) is 5.82 Å². The van der Waals surface area contributed by atoms with Gasteiger partial charge in [0.2, 0.25) is 10.0 Å². The summed E-state index contributed by atoms with van der Waals surface area (Å²) in [5.74, 6) is -3.22. The van der Waals surface area contributed by atoms with Gasteiger partial charge in [0.05, 0.1) is 17.0 Å². The molecule has 1 atom stereocenters. The molecule has 2 aromatic carbocycles. The summed E-state index contributed by atoms with van der Waals surface area (Å²) in [4.78, 5) is 15.4. The topological polar surface area (TPSA) is 141 Å². The first-order chi connectivity index (χ1) is 18.4. The van der Waals surface area contributed by atoms with Crippen molar-refractivity contribution >= 4 is 28.3 Å². The molecule has 8 nitrogen and oxygen atoms in total. The summed E-state index contributed by atoms with van der Waals surface area (Å²) in [6.07, 6.45) is -2.64. The van der Waals surface area contributed by atoms with Crippen LogP contribution >= 0.6 is 11.3 Å². The minimum atomic E-state index is -4.96. The molecule has 0 amide bonds. The molecule has 0 spiro atoms. The Morgan fingerprint density at radius 2 is 1.88 bits per heavy atom. The second-order valence-electron chi connectivity index (χ2n) is 9.13. The molecule has 15 heteroatoms. The van der Waals surface area contributed by atoms with Crippen molar-refractivity contribution in [2.75, 3.05) is 0 Å². The second kappa shape index (κ2) is 11.2. The van der Waals surface area contributed by atoms with Gasteiger partial charge in [-0.15, -0.1) is 16.5 Å². The summed E-state index contributed by atoms with van der Waals surface area (Å²) in [7, 11) is -2.43. The SMILES string of the molecule is N[SH+](=O)c1ccc(Cc2c(-c3ccc(F)c(C(F)(F)F)c3)nn(-c3nc(C(=O)O)cs3)c2CC2CC2)cc1F.[OH-]. The Morgan fingerprint density at radius 1 is 1.15 bits per heavy atom. The molecule has 1 saturated carbocycles. The summed E-state index contributed by atoms with van der Waals surface area (Å²) < 4.78 is 82.3. The number of hydrogen-bond acceptors (Lipinski definition) is 6. The number of halogens is 5. The van der Waals surface area contributed by atoms with Crippen LogP contribution in [-0.4, -0.2) is 31.3 Å². The standard InChI is InChI=1S/C25H19F5N4O3S2.H2O/c26-17-5-4-14(10-16(17)25(28,29)30)22-15(7-13-3-6-21(39(31)37)18(27)8-13)20(9-12-1-2-12)34(33-22)24-32-19(11-38-24)23(35)36;/h3-6,8,10-12H,1-2,7,9H2,(H2,31,37)(H,35,36);1H2. The Bertz CT molecular complexity index is 1620. The molecule has 1 unspecified atom stereocenters. The van der Waals surface area contributed by atoms with Gasteiger partial charge < -0.3 is 10.6 Å². The van der Waals surface area contributed by atoms with Gasteiger partial charge in [-0.2, -0.15) is 18.3 Å². The fourth-order valence-corrected chi connectivity index (χ4v) is 5.53. The first-order valence-corrected chi connectivity index (χ1v) is 13.8. The van der Waals surface area contributed by atoms with Gasteiger partial charge in [0, 0.05) is 22.9 Å². The Balaban J connectivity index is 0.00000370. The zero-order valence-electron chi connectivity index (χ0n) is 20.3. The van der Waals surface area contributed by atoms with Gasteiger partial charge in [0.25, 0.3) is 0 Å². The lowest BCUT2D eigenvalue weighted by molar-refractivity contribution is -0.139. The molecule has 4 aromatic rings. The van der Waals surface area contributed by atoms with Crippen LogP contribution < -0.4 is 5.14 Å². The highest BCUT2D eigenvalue weighted by atomic mass is 32.2. The van der Waals surface area contributed by atoms with Crippen molar-refractivity contribution in [2.24, 2.45) is 11.1 Å². The lowest BCUT2D eigenvalue weighted by atomic mass is 9.96. The molecule has 2 aromatic heterocycles. The van der Waals surface area contributed by atoms with E-state index >= 15 is 0 Å². The summed E-state index contributed by atoms with van der Waals surface area (Å²) in [6, 6.07) is 6.50. The number of carboxylic acids is 1. The number of nitrogens with two attached hydrogens (primary N) is 1. The number of rotatable bonds is 8. The summed E-state index contributed by atoms with van der Waals surface area (Å²) in [5, 5.41) is 20.7. The number of carbonyl (C=O) groups is 1. The van der Waals surface area contributed by atoms with E-state index in [9.17, 15) is 36.1 Å². The molecule has 0 bridgehead atoms. The average molecular weight is 601 g/mol. The molecule has 1 aliphatic carbocycles. The van der Waals surface area contributed by atoms with Crippen molar-refractivity contribution < 1.29 is 41.5 Å². The highest BCUT2D eigenvalue weighted by Gasteiger charge is 2.35. The Morgan fingerprint density at radius 3 is 2.45 bits per heavy atom. The van der Waals surface area contributed by atoms with E-state index in [1.807, 2.05) is 0 Å². The van der Waals surface area contributed by atoms with Gasteiger partial charge in [-0.25, -0.2) is 23.2 Å². The number of nitrogens with zero attached hydrogens (tertiary/aromatic N) is 3. The monoisotopic (exact) mass is 600 g/mol. The van der Waals surface area contributed by atoms with E-state index in [-0.39, 0.29) is 44.8 Å². The summed E-state index contributed by atoms with van der Waals surface area (Å²) in [6.45, 7) is 0. The molecular weight excluding hydrogens is 579 g/mol. The minimum absolute atomic E-state index is 0. The van der Waals surface area contributed by atoms with E-state index in [2.05, 4.69) is 10.1 Å². The molecule has 1 aliphatic rings. The van der Waals surface area contributed by atoms with Gasteiger partial charge >= 0.3 is 12.1 Å². The Labute approximate surface area is 230 Å². The van der Waals surface area contributed by atoms with E-state index < -0.39 is 40.3 Å². The number of alkyl halides is 3. The molecule has 40 heavy (non-hydrogen) atoms. The molecule has 2 heterocycles. The predicted octanol–water partition coefficient (Wildman–Crippen LogP) is 5.29. The summed E-state index contributed by atoms with van der Waals surface area (Å²) in [5.41, 5.74) is -0.169. The van der Waals surface area contributed by atoms with Crippen LogP contribution in [0.1, 0.15) is 45.7 Å². The number of hydrogen-bond donors (Lipinski definition) is 2. The molecule has 0 radical (unpaired) electrons. The van der Waals surface area contributed by atoms with E-state index in [0.717, 1.165) is 30.2 Å². The third-order valence-electron chi connectivity index (χ3n) is 6.34. The van der Waals surface area contributed by atoms with Crippen molar-refractivity contribution in [3.8, 4) is 16.4 Å². The quantitative estimate of drug-likeness (QED) is 0.160. The second-order valence-corrected chi connectivity index (χ2v) is 11.1. The van der Waals surface area contributed by atoms with Gasteiger partial charge in [-0.3, -0.25) is 0 Å². The van der Waals surface area contributed by atoms with E-state index in [0.29, 0.717) is 35.4 Å². The molecule has 212 valence electrons. The first-order valence-electron chi connectivity index (χ1n) is 11.6. The third kappa shape index (κ3) is 5.96. The third-order valence-corrected chi connectivity index (χ3v) is 7.99. The molecule has 1 fully saturated rings. The number of benzene rings is 2. The van der Waals surface area contributed by atoms with Crippen molar-refractivity contribution in [1.82, 2.24) is 14.8 Å². The van der Waals surface area contributed by atoms with Gasteiger partial charge in [0.15, 0.2) is 22.5 Å². The highest BCUT2D eigenvalue weighted by molar-refractivity contribution is 7.82. The van der Waals surface area contributed by atoms with Crippen LogP contribution in [-0.2, 0) is 34.2 Å². The fourth-order valence-electron chi connectivity index (χ4n) is 4.26. The zero-order chi connectivity index (χ0) is 28.1. The molecule has 0 saturated heterocycles. The maximum absolute atomic E-state index is 14.6. The number of aromatic carboxylic acids is 1. The van der Waals surface area contributed by atoms with Crippen LogP contribution in [0.2, 0.25) is 0 Å². The first kappa shape index (κ1) is 29.5. The zero-order valence-corrected chi connectivity index (χ0v) is 22.0. The normalized spacial score (nSPS) is 14.2. The minimum Gasteiger partial charge on any atom is -0.870 e. The van der Waals surface area contributed by atoms with Crippen LogP contribution in [0, 0.1) is 17.6 Å². The smallest absolute Gasteiger partial charge is 0.419 e. The number of aromatic nitrogens is 3. The van der Waals surface area contributed by atoms with Crippen molar-refractivity contribution in [2.45, 2.75) is 36.8 Å². The Kier molecular flexibility index (Phi) is 8.21. The lowest BCUT2D eigenvalue weighted by Gasteiger charge is -2.11. The maximum atomic E-state index is 14.6. The number of thiol groups is 1. The predicted molar refractivity (Wildman–Crippen MR) is 136 cm³/mol. The average Bonchev–Trinajstić information content (AvgIpc) is 3.41. The molecule has 4 N–H and O–H groups in total. The molecular formula is C25H21F5N4O4S2. The molecule has 0 aliphatic heterocycles. The van der Waals surface area contributed by atoms with E-state index in [1.54, 1.807) is 0 Å². The number of carboxylic acid groups (broad SMARTS) is 1. The van der Waals surface area contributed by atoms with Crippen LogP contribution in [0.5, 0.6) is 0 Å². The van der Waals surface area contributed by atoms with Gasteiger partial charge in [-0.1, -0.05) is 10.3 Å². The van der Waals surface area contributed by atoms with Crippen LogP contribution in [0.15, 0.2) is 46.7 Å². The van der Waals surface area contributed by atoms with Crippen LogP contribution in [0.4, 0.5) is 22.0 Å². The van der Waals surface area contributed by atoms with Gasteiger partial charge in [-0.05, 0) is 61.1 Å². The number of thiazole rings is 1. The van der Waals surface area contributed by atoms with E-state index in [1.165, 1.54) is 28.3 Å². The maximum Gasteiger partial charge on any atom is 0.419 e. The lowest BCUT2D eigenvalue weighted by Crippen LogP contribution is -2.08. The van der Waals surface area contributed by atoms with Crippen LogP contribution in [0.3, 0.4) is 0 Å². The molecule has 5 rings (SSSR count). The van der Waals surface area contributed by atoms with Crippen molar-refractivity contribution in [3.05, 3.63) is 81.5 Å². The highest BCUT2D eigenvalue weighted by Crippen LogP contribution is 2.40. The van der Waals surface area contributed by atoms with Crippen molar-refractivity contribution in [1.29, 1.82) is 0 Å².